The minimum absolute atomic E-state index is 0.922. The molecule has 0 spiro atoms. The molecule has 2 atom stereocenters. The van der Waals surface area contributed by atoms with E-state index in [2.05, 4.69) is 25.7 Å². The summed E-state index contributed by atoms with van der Waals surface area (Å²) in [6, 6.07) is 0. The molecule has 1 saturated heterocycles. The number of hydrogen-bond donors (Lipinski definition) is 0. The summed E-state index contributed by atoms with van der Waals surface area (Å²) in [5, 5.41) is 0. The van der Waals surface area contributed by atoms with Gasteiger partial charge in [-0.2, -0.15) is 0 Å². The van der Waals surface area contributed by atoms with Crippen molar-refractivity contribution in [2.75, 3.05) is 19.6 Å². The van der Waals surface area contributed by atoms with E-state index < -0.39 is 0 Å². The molecule has 0 aromatic rings. The molecule has 1 rings (SSSR count). The molecule has 0 aromatic carbocycles. The van der Waals surface area contributed by atoms with Crippen molar-refractivity contribution in [3.63, 3.8) is 0 Å². The molecule has 1 heteroatoms. The van der Waals surface area contributed by atoms with Crippen LogP contribution in [0.15, 0.2) is 0 Å². The van der Waals surface area contributed by atoms with Crippen molar-refractivity contribution in [1.82, 2.24) is 4.90 Å². The van der Waals surface area contributed by atoms with Crippen LogP contribution in [0.4, 0.5) is 0 Å². The maximum Gasteiger partial charge on any atom is 0.000724 e. The summed E-state index contributed by atoms with van der Waals surface area (Å²) >= 11 is 0. The molecule has 0 saturated carbocycles. The van der Waals surface area contributed by atoms with Crippen LogP contribution in [-0.2, 0) is 0 Å². The molecule has 1 nitrogen and oxygen atoms in total. The Labute approximate surface area is 70.8 Å². The molecule has 0 aromatic heterocycles. The second-order valence-corrected chi connectivity index (χ2v) is 4.21. The first-order chi connectivity index (χ1) is 5.22. The fraction of sp³-hybridized carbons (Fsp3) is 1.00. The fourth-order valence-electron chi connectivity index (χ4n) is 2.29. The first-order valence-electron chi connectivity index (χ1n) is 4.94. The first-order valence-corrected chi connectivity index (χ1v) is 4.94. The molecule has 66 valence electrons. The summed E-state index contributed by atoms with van der Waals surface area (Å²) in [5.74, 6) is 1.84. The van der Waals surface area contributed by atoms with Crippen molar-refractivity contribution in [2.24, 2.45) is 11.8 Å². The lowest BCUT2D eigenvalue weighted by atomic mass is 9.92. The zero-order valence-corrected chi connectivity index (χ0v) is 8.14. The van der Waals surface area contributed by atoms with Gasteiger partial charge in [0, 0.05) is 13.1 Å². The van der Waals surface area contributed by atoms with E-state index in [1.807, 2.05) is 0 Å². The van der Waals surface area contributed by atoms with Crippen LogP contribution in [0, 0.1) is 11.8 Å². The molecule has 1 aliphatic heterocycles. The molecule has 0 amide bonds. The Bertz CT molecular complexity index is 101. The van der Waals surface area contributed by atoms with Gasteiger partial charge in [-0.25, -0.2) is 0 Å². The summed E-state index contributed by atoms with van der Waals surface area (Å²) in [6.07, 6.45) is 2.74. The zero-order chi connectivity index (χ0) is 8.27. The van der Waals surface area contributed by atoms with Gasteiger partial charge in [-0.15, -0.1) is 0 Å². The van der Waals surface area contributed by atoms with Gasteiger partial charge in [0.05, 0.1) is 0 Å². The number of hydrogen-bond acceptors (Lipinski definition) is 1. The van der Waals surface area contributed by atoms with Crippen molar-refractivity contribution < 1.29 is 0 Å². The summed E-state index contributed by atoms with van der Waals surface area (Å²) in [7, 11) is 0. The second-order valence-electron chi connectivity index (χ2n) is 4.21. The standard InChI is InChI=1S/C10H21N/c1-4-5-11-7-9(2)6-10(3)8-11/h9-10H,4-8H2,1-3H3/t9-,10+. The lowest BCUT2D eigenvalue weighted by Crippen LogP contribution is -2.38. The Balaban J connectivity index is 2.30. The second kappa shape index (κ2) is 4.10. The lowest BCUT2D eigenvalue weighted by molar-refractivity contribution is 0.141. The van der Waals surface area contributed by atoms with E-state index in [4.69, 9.17) is 0 Å². The van der Waals surface area contributed by atoms with Crippen LogP contribution in [0.1, 0.15) is 33.6 Å². The highest BCUT2D eigenvalue weighted by Crippen LogP contribution is 2.20. The van der Waals surface area contributed by atoms with Crippen molar-refractivity contribution in [3.8, 4) is 0 Å². The number of piperidine rings is 1. The molecule has 0 N–H and O–H groups in total. The van der Waals surface area contributed by atoms with Gasteiger partial charge in [0.2, 0.25) is 0 Å². The maximum atomic E-state index is 2.61. The molecule has 11 heavy (non-hydrogen) atoms. The topological polar surface area (TPSA) is 3.24 Å². The summed E-state index contributed by atoms with van der Waals surface area (Å²) < 4.78 is 0. The Morgan fingerprint density at radius 2 is 1.73 bits per heavy atom. The SMILES string of the molecule is CCCN1C[C@H](C)C[C@H](C)C1. The van der Waals surface area contributed by atoms with Gasteiger partial charge in [0.1, 0.15) is 0 Å². The van der Waals surface area contributed by atoms with E-state index in [9.17, 15) is 0 Å². The van der Waals surface area contributed by atoms with Crippen LogP contribution < -0.4 is 0 Å². The van der Waals surface area contributed by atoms with E-state index in [0.29, 0.717) is 0 Å². The van der Waals surface area contributed by atoms with Gasteiger partial charge < -0.3 is 4.90 Å². The third kappa shape index (κ3) is 2.82. The molecule has 0 unspecified atom stereocenters. The van der Waals surface area contributed by atoms with Gasteiger partial charge in [0.25, 0.3) is 0 Å². The van der Waals surface area contributed by atoms with Gasteiger partial charge in [-0.1, -0.05) is 20.8 Å². The van der Waals surface area contributed by atoms with E-state index in [-0.39, 0.29) is 0 Å². The predicted octanol–water partition coefficient (Wildman–Crippen LogP) is 2.37. The Kier molecular flexibility index (Phi) is 3.38. The van der Waals surface area contributed by atoms with Gasteiger partial charge in [-0.05, 0) is 31.2 Å². The third-order valence-electron chi connectivity index (χ3n) is 2.48. The molecule has 1 aliphatic rings. The minimum Gasteiger partial charge on any atom is -0.303 e. The summed E-state index contributed by atoms with van der Waals surface area (Å²) in [5.41, 5.74) is 0. The summed E-state index contributed by atoms with van der Waals surface area (Å²) in [6.45, 7) is 11.0. The highest BCUT2D eigenvalue weighted by Gasteiger charge is 2.20. The van der Waals surface area contributed by atoms with Crippen LogP contribution >= 0.6 is 0 Å². The highest BCUT2D eigenvalue weighted by molar-refractivity contribution is 4.73. The smallest absolute Gasteiger partial charge is 0.000724 e. The number of nitrogens with zero attached hydrogens (tertiary/aromatic N) is 1. The molecule has 0 aliphatic carbocycles. The minimum atomic E-state index is 0.922. The van der Waals surface area contributed by atoms with Crippen molar-refractivity contribution in [2.45, 2.75) is 33.6 Å². The highest BCUT2D eigenvalue weighted by atomic mass is 15.1. The maximum absolute atomic E-state index is 2.61. The fourth-order valence-corrected chi connectivity index (χ4v) is 2.29. The van der Waals surface area contributed by atoms with Crippen molar-refractivity contribution >= 4 is 0 Å². The van der Waals surface area contributed by atoms with Gasteiger partial charge in [-0.3, -0.25) is 0 Å². The Hall–Kier alpha value is -0.0400. The van der Waals surface area contributed by atoms with Crippen LogP contribution in [0.25, 0.3) is 0 Å². The molecule has 1 heterocycles. The molecule has 0 bridgehead atoms. The number of rotatable bonds is 2. The lowest BCUT2D eigenvalue weighted by Gasteiger charge is -2.34. The predicted molar refractivity (Wildman–Crippen MR) is 49.7 cm³/mol. The number of likely N-dealkylation sites (tertiary alicyclic amines) is 1. The van der Waals surface area contributed by atoms with Crippen LogP contribution in [0.3, 0.4) is 0 Å². The van der Waals surface area contributed by atoms with E-state index >= 15 is 0 Å². The molecular formula is C10H21N. The quantitative estimate of drug-likeness (QED) is 0.592. The zero-order valence-electron chi connectivity index (χ0n) is 8.14. The Morgan fingerprint density at radius 3 is 2.18 bits per heavy atom. The van der Waals surface area contributed by atoms with Crippen molar-refractivity contribution in [3.05, 3.63) is 0 Å². The van der Waals surface area contributed by atoms with Crippen LogP contribution in [0.5, 0.6) is 0 Å². The normalized spacial score (nSPS) is 34.1. The van der Waals surface area contributed by atoms with E-state index in [1.54, 1.807) is 0 Å². The van der Waals surface area contributed by atoms with E-state index in [0.717, 1.165) is 11.8 Å². The van der Waals surface area contributed by atoms with Crippen LogP contribution in [-0.4, -0.2) is 24.5 Å². The Morgan fingerprint density at radius 1 is 1.18 bits per heavy atom. The van der Waals surface area contributed by atoms with Gasteiger partial charge in [0.15, 0.2) is 0 Å². The average Bonchev–Trinajstić information content (AvgIpc) is 1.85. The first kappa shape index (κ1) is 9.05. The van der Waals surface area contributed by atoms with Crippen LogP contribution in [0.2, 0.25) is 0 Å². The monoisotopic (exact) mass is 155 g/mol. The molecule has 0 radical (unpaired) electrons. The van der Waals surface area contributed by atoms with E-state index in [1.165, 1.54) is 32.5 Å². The molecule has 1 fully saturated rings. The molecular weight excluding hydrogens is 134 g/mol. The average molecular weight is 155 g/mol. The third-order valence-corrected chi connectivity index (χ3v) is 2.48. The summed E-state index contributed by atoms with van der Waals surface area (Å²) in [4.78, 5) is 2.61. The largest absolute Gasteiger partial charge is 0.303 e. The van der Waals surface area contributed by atoms with Crippen molar-refractivity contribution in [1.29, 1.82) is 0 Å². The van der Waals surface area contributed by atoms with Gasteiger partial charge >= 0.3 is 0 Å².